The van der Waals surface area contributed by atoms with Gasteiger partial charge >= 0.3 is 0 Å². The minimum absolute atomic E-state index is 0.0706. The minimum atomic E-state index is -0.392. The Bertz CT molecular complexity index is 474. The highest BCUT2D eigenvalue weighted by Crippen LogP contribution is 2.40. The van der Waals surface area contributed by atoms with E-state index in [-0.39, 0.29) is 28.6 Å². The van der Waals surface area contributed by atoms with E-state index < -0.39 is 6.10 Å². The number of nitrogens with zero attached hydrogens (tertiary/aromatic N) is 1. The van der Waals surface area contributed by atoms with Crippen molar-refractivity contribution in [3.63, 3.8) is 0 Å². The van der Waals surface area contributed by atoms with E-state index in [9.17, 15) is 14.7 Å². The monoisotopic (exact) mass is 237 g/mol. The van der Waals surface area contributed by atoms with Crippen LogP contribution in [0.2, 0.25) is 0 Å². The van der Waals surface area contributed by atoms with Gasteiger partial charge in [0.05, 0.1) is 6.10 Å². The first-order chi connectivity index (χ1) is 7.91. The van der Waals surface area contributed by atoms with Gasteiger partial charge in [0.15, 0.2) is 0 Å². The lowest BCUT2D eigenvalue weighted by Gasteiger charge is -2.49. The number of aliphatic hydroxyl groups excluding tert-OH is 1. The van der Waals surface area contributed by atoms with Gasteiger partial charge in [0.2, 0.25) is 0 Å². The minimum Gasteiger partial charge on any atom is -0.392 e. The second kappa shape index (κ2) is 3.96. The van der Waals surface area contributed by atoms with Gasteiger partial charge in [-0.05, 0) is 12.5 Å². The van der Waals surface area contributed by atoms with Crippen molar-refractivity contribution in [2.75, 3.05) is 0 Å². The van der Waals surface area contributed by atoms with Crippen LogP contribution in [-0.2, 0) is 0 Å². The van der Waals surface area contributed by atoms with Crippen LogP contribution in [0.5, 0.6) is 0 Å². The van der Waals surface area contributed by atoms with Crippen molar-refractivity contribution in [1.29, 1.82) is 0 Å². The van der Waals surface area contributed by atoms with Crippen LogP contribution in [0.15, 0.2) is 16.9 Å². The van der Waals surface area contributed by atoms with Gasteiger partial charge in [-0.25, -0.2) is 5.10 Å². The van der Waals surface area contributed by atoms with Gasteiger partial charge in [-0.1, -0.05) is 13.8 Å². The first-order valence-corrected chi connectivity index (χ1v) is 5.46. The summed E-state index contributed by atoms with van der Waals surface area (Å²) in [7, 11) is 0. The van der Waals surface area contributed by atoms with E-state index in [0.717, 1.165) is 0 Å². The molecule has 1 amide bonds. The Morgan fingerprint density at radius 2 is 2.29 bits per heavy atom. The van der Waals surface area contributed by atoms with Crippen LogP contribution < -0.4 is 10.9 Å². The topological polar surface area (TPSA) is 95.1 Å². The fourth-order valence-corrected chi connectivity index (χ4v) is 1.85. The van der Waals surface area contributed by atoms with Crippen molar-refractivity contribution >= 4 is 5.91 Å². The Morgan fingerprint density at radius 3 is 2.76 bits per heavy atom. The Balaban J connectivity index is 2.03. The molecule has 1 aliphatic rings. The van der Waals surface area contributed by atoms with Gasteiger partial charge in [-0.2, -0.15) is 5.10 Å². The fraction of sp³-hybridized carbons (Fsp3) is 0.545. The molecule has 2 rings (SSSR count). The lowest BCUT2D eigenvalue weighted by molar-refractivity contribution is -0.0690. The summed E-state index contributed by atoms with van der Waals surface area (Å²) in [5.74, 6) is -0.341. The van der Waals surface area contributed by atoms with Gasteiger partial charge in [0.25, 0.3) is 11.5 Å². The lowest BCUT2D eigenvalue weighted by atomic mass is 9.64. The quantitative estimate of drug-likeness (QED) is 0.655. The number of amides is 1. The predicted molar refractivity (Wildman–Crippen MR) is 60.5 cm³/mol. The highest BCUT2D eigenvalue weighted by molar-refractivity contribution is 5.92. The second-order valence-electron chi connectivity index (χ2n) is 4.91. The van der Waals surface area contributed by atoms with Crippen molar-refractivity contribution in [1.82, 2.24) is 15.5 Å². The van der Waals surface area contributed by atoms with Crippen LogP contribution in [0.3, 0.4) is 0 Å². The highest BCUT2D eigenvalue weighted by Gasteiger charge is 2.48. The number of carbonyl (C=O) groups is 1. The van der Waals surface area contributed by atoms with Crippen molar-refractivity contribution in [3.05, 3.63) is 28.2 Å². The van der Waals surface area contributed by atoms with Crippen LogP contribution >= 0.6 is 0 Å². The third-order valence-electron chi connectivity index (χ3n) is 3.43. The highest BCUT2D eigenvalue weighted by atomic mass is 16.3. The molecule has 0 radical (unpaired) electrons. The lowest BCUT2D eigenvalue weighted by Crippen LogP contribution is -2.61. The summed E-state index contributed by atoms with van der Waals surface area (Å²) in [4.78, 5) is 22.6. The number of H-pyrrole nitrogens is 1. The SMILES string of the molecule is CC1(C)C(O)CC1NC(=O)c1ccc(=O)[nH]n1. The third-order valence-corrected chi connectivity index (χ3v) is 3.43. The normalized spacial score (nSPS) is 26.1. The second-order valence-corrected chi connectivity index (χ2v) is 4.91. The number of rotatable bonds is 2. The smallest absolute Gasteiger partial charge is 0.271 e. The van der Waals surface area contributed by atoms with Gasteiger partial charge in [0.1, 0.15) is 5.69 Å². The molecule has 2 unspecified atom stereocenters. The fourth-order valence-electron chi connectivity index (χ4n) is 1.85. The van der Waals surface area contributed by atoms with E-state index in [1.54, 1.807) is 0 Å². The molecule has 1 heterocycles. The van der Waals surface area contributed by atoms with Crippen LogP contribution in [0.1, 0.15) is 30.8 Å². The maximum absolute atomic E-state index is 11.8. The Hall–Kier alpha value is -1.69. The molecular weight excluding hydrogens is 222 g/mol. The molecule has 0 aromatic carbocycles. The zero-order valence-corrected chi connectivity index (χ0v) is 9.73. The zero-order chi connectivity index (χ0) is 12.6. The van der Waals surface area contributed by atoms with Gasteiger partial charge < -0.3 is 10.4 Å². The number of nitrogens with one attached hydrogen (secondary N) is 2. The standard InChI is InChI=1S/C11H15N3O3/c1-11(2)7(5-8(11)15)12-10(17)6-3-4-9(16)14-13-6/h3-4,7-8,15H,5H2,1-2H3,(H,12,17)(H,14,16). The van der Waals surface area contributed by atoms with Crippen molar-refractivity contribution in [2.45, 2.75) is 32.4 Å². The largest absolute Gasteiger partial charge is 0.392 e. The average Bonchev–Trinajstić information content (AvgIpc) is 2.29. The van der Waals surface area contributed by atoms with Crippen LogP contribution in [-0.4, -0.2) is 33.4 Å². The predicted octanol–water partition coefficient (Wildman–Crippen LogP) is -0.341. The molecule has 3 N–H and O–H groups in total. The van der Waals surface area contributed by atoms with Gasteiger partial charge in [0, 0.05) is 17.5 Å². The van der Waals surface area contributed by atoms with Crippen molar-refractivity contribution in [2.24, 2.45) is 5.41 Å². The number of aromatic amines is 1. The molecule has 17 heavy (non-hydrogen) atoms. The van der Waals surface area contributed by atoms with E-state index in [2.05, 4.69) is 15.5 Å². The average molecular weight is 237 g/mol. The summed E-state index contributed by atoms with van der Waals surface area (Å²) < 4.78 is 0. The number of aliphatic hydroxyl groups is 1. The maximum atomic E-state index is 11.8. The summed E-state index contributed by atoms with van der Waals surface area (Å²) in [5, 5.41) is 18.2. The Kier molecular flexibility index (Phi) is 2.74. The zero-order valence-electron chi connectivity index (χ0n) is 9.73. The van der Waals surface area contributed by atoms with Gasteiger partial charge in [-0.3, -0.25) is 9.59 Å². The van der Waals surface area contributed by atoms with E-state index in [1.807, 2.05) is 13.8 Å². The van der Waals surface area contributed by atoms with Crippen molar-refractivity contribution < 1.29 is 9.90 Å². The number of carbonyl (C=O) groups excluding carboxylic acids is 1. The third kappa shape index (κ3) is 2.08. The molecule has 0 bridgehead atoms. The summed E-state index contributed by atoms with van der Waals surface area (Å²) >= 11 is 0. The molecule has 92 valence electrons. The molecule has 0 spiro atoms. The molecule has 0 saturated heterocycles. The molecule has 1 aromatic heterocycles. The molecule has 0 aliphatic heterocycles. The maximum Gasteiger partial charge on any atom is 0.271 e. The molecular formula is C11H15N3O3. The summed E-state index contributed by atoms with van der Waals surface area (Å²) in [5.41, 5.74) is -0.500. The number of hydrogen-bond acceptors (Lipinski definition) is 4. The van der Waals surface area contributed by atoms with Crippen LogP contribution in [0.4, 0.5) is 0 Å². The van der Waals surface area contributed by atoms with E-state index in [0.29, 0.717) is 6.42 Å². The summed E-state index contributed by atoms with van der Waals surface area (Å²) in [6.45, 7) is 3.79. The molecule has 6 nitrogen and oxygen atoms in total. The molecule has 1 saturated carbocycles. The molecule has 6 heteroatoms. The first-order valence-electron chi connectivity index (χ1n) is 5.46. The Morgan fingerprint density at radius 1 is 1.59 bits per heavy atom. The summed E-state index contributed by atoms with van der Waals surface area (Å²) in [6, 6.07) is 2.55. The van der Waals surface area contributed by atoms with E-state index in [4.69, 9.17) is 0 Å². The number of aromatic nitrogens is 2. The Labute approximate surface area is 98.1 Å². The molecule has 1 aliphatic carbocycles. The number of hydrogen-bond donors (Lipinski definition) is 3. The molecule has 2 atom stereocenters. The first kappa shape index (κ1) is 11.8. The van der Waals surface area contributed by atoms with Gasteiger partial charge in [-0.15, -0.1) is 0 Å². The molecule has 1 fully saturated rings. The van der Waals surface area contributed by atoms with E-state index >= 15 is 0 Å². The van der Waals surface area contributed by atoms with Crippen LogP contribution in [0.25, 0.3) is 0 Å². The van der Waals surface area contributed by atoms with Crippen molar-refractivity contribution in [3.8, 4) is 0 Å². The molecule has 1 aromatic rings. The van der Waals surface area contributed by atoms with Crippen LogP contribution in [0, 0.1) is 5.41 Å². The summed E-state index contributed by atoms with van der Waals surface area (Å²) in [6.07, 6.45) is 0.151. The van der Waals surface area contributed by atoms with E-state index in [1.165, 1.54) is 12.1 Å².